The van der Waals surface area contributed by atoms with Gasteiger partial charge in [-0.2, -0.15) is 0 Å². The third-order valence-electron chi connectivity index (χ3n) is 5.06. The van der Waals surface area contributed by atoms with Gasteiger partial charge in [-0.3, -0.25) is 19.0 Å². The van der Waals surface area contributed by atoms with Gasteiger partial charge in [0, 0.05) is 23.6 Å². The number of halogens is 1. The van der Waals surface area contributed by atoms with Crippen molar-refractivity contribution in [2.45, 2.75) is 19.0 Å². The third-order valence-corrected chi connectivity index (χ3v) is 5.84. The lowest BCUT2D eigenvalue weighted by Gasteiger charge is -2.18. The maximum Gasteiger partial charge on any atom is 0.277 e. The average Bonchev–Trinajstić information content (AvgIpc) is 3.38. The largest absolute Gasteiger partial charge is 0.393 e. The second kappa shape index (κ2) is 10.2. The van der Waals surface area contributed by atoms with Gasteiger partial charge in [-0.05, 0) is 29.8 Å². The smallest absolute Gasteiger partial charge is 0.277 e. The van der Waals surface area contributed by atoms with E-state index in [1.807, 2.05) is 30.3 Å². The molecular weight excluding hydrogens is 457 g/mol. The van der Waals surface area contributed by atoms with E-state index in [1.165, 1.54) is 48.0 Å². The number of carbonyl (C=O) groups is 2. The van der Waals surface area contributed by atoms with Crippen molar-refractivity contribution in [3.63, 3.8) is 0 Å². The molecule has 0 aliphatic rings. The van der Waals surface area contributed by atoms with Crippen molar-refractivity contribution in [3.05, 3.63) is 99.1 Å². The molecule has 0 radical (unpaired) electrons. The standard InChI is InChI=1S/C24H20FN5O3S/c25-17-8-6-16(7-9-17)22-28-13-18(26)24(33)30(22)14-20(31)29-19(12-15-4-2-1-3-5-15)21(32)23-27-10-11-34-23/h1-11,13,19H,12,14,26H2,(H,29,31)/t19-/m0/s1. The Balaban J connectivity index is 1.61. The van der Waals surface area contributed by atoms with Crippen molar-refractivity contribution < 1.29 is 14.0 Å². The zero-order valence-electron chi connectivity index (χ0n) is 17.8. The highest BCUT2D eigenvalue weighted by molar-refractivity contribution is 7.11. The Morgan fingerprint density at radius 3 is 2.50 bits per heavy atom. The molecule has 0 fully saturated rings. The summed E-state index contributed by atoms with van der Waals surface area (Å²) in [4.78, 5) is 47.0. The van der Waals surface area contributed by atoms with Gasteiger partial charge >= 0.3 is 0 Å². The van der Waals surface area contributed by atoms with E-state index in [2.05, 4.69) is 15.3 Å². The molecule has 1 atom stereocenters. The van der Waals surface area contributed by atoms with Gasteiger partial charge in [-0.1, -0.05) is 30.3 Å². The number of nitrogens with zero attached hydrogens (tertiary/aromatic N) is 3. The molecule has 0 unspecified atom stereocenters. The zero-order chi connectivity index (χ0) is 24.1. The maximum atomic E-state index is 13.4. The van der Waals surface area contributed by atoms with E-state index in [4.69, 9.17) is 5.73 Å². The van der Waals surface area contributed by atoms with Crippen LogP contribution in [0.5, 0.6) is 0 Å². The zero-order valence-corrected chi connectivity index (χ0v) is 18.7. The first-order valence-electron chi connectivity index (χ1n) is 10.3. The van der Waals surface area contributed by atoms with Crippen LogP contribution in [0.2, 0.25) is 0 Å². The van der Waals surface area contributed by atoms with Gasteiger partial charge in [0.15, 0.2) is 5.01 Å². The minimum atomic E-state index is -0.889. The molecule has 0 aliphatic heterocycles. The van der Waals surface area contributed by atoms with Gasteiger partial charge in [0.2, 0.25) is 11.7 Å². The van der Waals surface area contributed by atoms with Crippen LogP contribution >= 0.6 is 11.3 Å². The van der Waals surface area contributed by atoms with Crippen molar-refractivity contribution in [1.29, 1.82) is 0 Å². The molecular formula is C24H20FN5O3S. The highest BCUT2D eigenvalue weighted by atomic mass is 32.1. The molecule has 2 heterocycles. The predicted octanol–water partition coefficient (Wildman–Crippen LogP) is 2.70. The molecule has 0 bridgehead atoms. The van der Waals surface area contributed by atoms with Gasteiger partial charge in [0.1, 0.15) is 23.9 Å². The molecule has 0 saturated carbocycles. The number of benzene rings is 2. The topological polar surface area (TPSA) is 120 Å². The highest BCUT2D eigenvalue weighted by Gasteiger charge is 2.25. The minimum absolute atomic E-state index is 0.140. The van der Waals surface area contributed by atoms with Crippen molar-refractivity contribution in [2.24, 2.45) is 0 Å². The van der Waals surface area contributed by atoms with Crippen LogP contribution in [-0.4, -0.2) is 32.3 Å². The number of thiazole rings is 1. The monoisotopic (exact) mass is 477 g/mol. The van der Waals surface area contributed by atoms with Crippen molar-refractivity contribution in [3.8, 4) is 11.4 Å². The molecule has 4 rings (SSSR count). The number of hydrogen-bond donors (Lipinski definition) is 2. The Hall–Kier alpha value is -4.18. The van der Waals surface area contributed by atoms with E-state index in [1.54, 1.807) is 5.38 Å². The SMILES string of the molecule is Nc1cnc(-c2ccc(F)cc2)n(CC(=O)N[C@@H](Cc2ccccc2)C(=O)c2nccs2)c1=O. The summed E-state index contributed by atoms with van der Waals surface area (Å²) >= 11 is 1.18. The van der Waals surface area contributed by atoms with Crippen LogP contribution in [0.4, 0.5) is 10.1 Å². The Bertz CT molecular complexity index is 1360. The summed E-state index contributed by atoms with van der Waals surface area (Å²) in [5.41, 5.74) is 6.27. The Morgan fingerprint density at radius 1 is 1.09 bits per heavy atom. The van der Waals surface area contributed by atoms with E-state index in [9.17, 15) is 18.8 Å². The summed E-state index contributed by atoms with van der Waals surface area (Å²) in [7, 11) is 0. The first-order chi connectivity index (χ1) is 16.4. The van der Waals surface area contributed by atoms with Gasteiger partial charge in [-0.25, -0.2) is 14.4 Å². The maximum absolute atomic E-state index is 13.4. The second-order valence-corrected chi connectivity index (χ2v) is 8.34. The van der Waals surface area contributed by atoms with Gasteiger partial charge in [0.05, 0.1) is 12.2 Å². The lowest BCUT2D eigenvalue weighted by atomic mass is 10.0. The second-order valence-electron chi connectivity index (χ2n) is 7.45. The Labute approximate surface area is 197 Å². The number of ketones is 1. The lowest BCUT2D eigenvalue weighted by molar-refractivity contribution is -0.122. The van der Waals surface area contributed by atoms with Gasteiger partial charge in [-0.15, -0.1) is 11.3 Å². The van der Waals surface area contributed by atoms with E-state index in [-0.39, 0.29) is 28.7 Å². The van der Waals surface area contributed by atoms with Crippen LogP contribution in [-0.2, 0) is 17.8 Å². The number of amides is 1. The Kier molecular flexibility index (Phi) is 6.88. The summed E-state index contributed by atoms with van der Waals surface area (Å²) in [5.74, 6) is -1.21. The first-order valence-corrected chi connectivity index (χ1v) is 11.2. The minimum Gasteiger partial charge on any atom is -0.393 e. The van der Waals surface area contributed by atoms with Crippen LogP contribution in [0.3, 0.4) is 0 Å². The number of hydrogen-bond acceptors (Lipinski definition) is 7. The van der Waals surface area contributed by atoms with Crippen LogP contribution in [0.15, 0.2) is 77.2 Å². The summed E-state index contributed by atoms with van der Waals surface area (Å²) < 4.78 is 14.5. The number of anilines is 1. The predicted molar refractivity (Wildman–Crippen MR) is 127 cm³/mol. The first kappa shape index (κ1) is 23.0. The van der Waals surface area contributed by atoms with Crippen LogP contribution in [0.1, 0.15) is 15.4 Å². The van der Waals surface area contributed by atoms with Gasteiger partial charge in [0.25, 0.3) is 5.56 Å². The molecule has 8 nitrogen and oxygen atoms in total. The molecule has 0 spiro atoms. The number of nitrogens with one attached hydrogen (secondary N) is 1. The normalized spacial score (nSPS) is 11.7. The molecule has 2 aromatic heterocycles. The van der Waals surface area contributed by atoms with Crippen molar-refractivity contribution in [1.82, 2.24) is 19.9 Å². The number of Topliss-reactive ketones (excluding diaryl/α,β-unsaturated/α-hetero) is 1. The summed E-state index contributed by atoms with van der Waals surface area (Å²) in [6, 6.07) is 13.7. The van der Waals surface area contributed by atoms with E-state index in [0.29, 0.717) is 5.56 Å². The fourth-order valence-electron chi connectivity index (χ4n) is 3.42. The number of nitrogen functional groups attached to an aromatic ring is 1. The van der Waals surface area contributed by atoms with E-state index < -0.39 is 29.9 Å². The van der Waals surface area contributed by atoms with E-state index >= 15 is 0 Å². The average molecular weight is 478 g/mol. The number of aromatic nitrogens is 3. The third kappa shape index (κ3) is 5.24. The number of nitrogens with two attached hydrogens (primary N) is 1. The van der Waals surface area contributed by atoms with Gasteiger partial charge < -0.3 is 11.1 Å². The molecule has 34 heavy (non-hydrogen) atoms. The fraction of sp³-hybridized carbons (Fsp3) is 0.125. The fourth-order valence-corrected chi connectivity index (χ4v) is 4.05. The van der Waals surface area contributed by atoms with Crippen molar-refractivity contribution >= 4 is 28.7 Å². The molecule has 172 valence electrons. The van der Waals surface area contributed by atoms with Crippen LogP contribution < -0.4 is 16.6 Å². The highest BCUT2D eigenvalue weighted by Crippen LogP contribution is 2.17. The molecule has 0 saturated heterocycles. The summed E-state index contributed by atoms with van der Waals surface area (Å²) in [6.07, 6.45) is 2.96. The quantitative estimate of drug-likeness (QED) is 0.377. The van der Waals surface area contributed by atoms with Crippen molar-refractivity contribution in [2.75, 3.05) is 5.73 Å². The lowest BCUT2D eigenvalue weighted by Crippen LogP contribution is -2.45. The Morgan fingerprint density at radius 2 is 1.82 bits per heavy atom. The van der Waals surface area contributed by atoms with E-state index in [0.717, 1.165) is 10.1 Å². The molecule has 2 aromatic carbocycles. The summed E-state index contributed by atoms with van der Waals surface area (Å²) in [5, 5.41) is 4.68. The number of carbonyl (C=O) groups excluding carboxylic acids is 2. The number of rotatable bonds is 8. The molecule has 4 aromatic rings. The molecule has 10 heteroatoms. The molecule has 3 N–H and O–H groups in total. The van der Waals surface area contributed by atoms with Crippen LogP contribution in [0, 0.1) is 5.82 Å². The molecule has 0 aliphatic carbocycles. The summed E-state index contributed by atoms with van der Waals surface area (Å²) in [6.45, 7) is -0.431. The van der Waals surface area contributed by atoms with Crippen LogP contribution in [0.25, 0.3) is 11.4 Å². The molecule has 1 amide bonds.